The summed E-state index contributed by atoms with van der Waals surface area (Å²) in [6.07, 6.45) is 2.50. The molecule has 2 N–H and O–H groups in total. The normalized spacial score (nSPS) is 12.1. The third-order valence-electron chi connectivity index (χ3n) is 4.18. The molecule has 0 saturated heterocycles. The molecule has 4 rings (SSSR count). The number of aryl methyl sites for hydroxylation is 2. The standard InChI is InChI=1S/C19H19N5O2/c1-3-13-6-4-5-12(2)18(13)23-19-22-17(10-20-24-19)21-14-7-8-15-16(9-14)26-11-25-15/h4-10H,3,11H2,1-2H3,(H2,21,22,23,24). The zero-order chi connectivity index (χ0) is 17.9. The van der Waals surface area contributed by atoms with E-state index in [0.29, 0.717) is 17.5 Å². The van der Waals surface area contributed by atoms with E-state index in [1.54, 1.807) is 6.20 Å². The Hall–Kier alpha value is -3.35. The Morgan fingerprint density at radius 2 is 1.96 bits per heavy atom. The highest BCUT2D eigenvalue weighted by Gasteiger charge is 2.14. The minimum Gasteiger partial charge on any atom is -0.454 e. The van der Waals surface area contributed by atoms with E-state index < -0.39 is 0 Å². The van der Waals surface area contributed by atoms with Gasteiger partial charge in [0.25, 0.3) is 0 Å². The van der Waals surface area contributed by atoms with Crippen molar-refractivity contribution in [3.63, 3.8) is 0 Å². The van der Waals surface area contributed by atoms with Crippen LogP contribution in [-0.2, 0) is 6.42 Å². The van der Waals surface area contributed by atoms with Gasteiger partial charge in [0.05, 0.1) is 6.20 Å². The van der Waals surface area contributed by atoms with E-state index in [1.807, 2.05) is 18.2 Å². The maximum atomic E-state index is 5.40. The van der Waals surface area contributed by atoms with Crippen LogP contribution in [0.3, 0.4) is 0 Å². The van der Waals surface area contributed by atoms with E-state index in [9.17, 15) is 0 Å². The lowest BCUT2D eigenvalue weighted by molar-refractivity contribution is 0.174. The average molecular weight is 349 g/mol. The van der Waals surface area contributed by atoms with Gasteiger partial charge in [0.2, 0.25) is 12.7 Å². The number of hydrogen-bond acceptors (Lipinski definition) is 7. The van der Waals surface area contributed by atoms with Gasteiger partial charge < -0.3 is 20.1 Å². The van der Waals surface area contributed by atoms with Crippen molar-refractivity contribution < 1.29 is 9.47 Å². The Bertz CT molecular complexity index is 945. The zero-order valence-corrected chi connectivity index (χ0v) is 14.6. The van der Waals surface area contributed by atoms with Crippen LogP contribution in [0.25, 0.3) is 0 Å². The van der Waals surface area contributed by atoms with Gasteiger partial charge >= 0.3 is 0 Å². The number of nitrogens with zero attached hydrogens (tertiary/aromatic N) is 3. The minimum absolute atomic E-state index is 0.248. The lowest BCUT2D eigenvalue weighted by Gasteiger charge is -2.13. The van der Waals surface area contributed by atoms with Gasteiger partial charge in [-0.05, 0) is 36.6 Å². The zero-order valence-electron chi connectivity index (χ0n) is 14.6. The number of hydrogen-bond donors (Lipinski definition) is 2. The van der Waals surface area contributed by atoms with E-state index in [2.05, 4.69) is 57.9 Å². The first-order chi connectivity index (χ1) is 12.7. The fourth-order valence-electron chi connectivity index (χ4n) is 2.85. The number of nitrogens with one attached hydrogen (secondary N) is 2. The van der Waals surface area contributed by atoms with Crippen molar-refractivity contribution in [3.8, 4) is 11.5 Å². The molecule has 2 heterocycles. The number of fused-ring (bicyclic) bond motifs is 1. The van der Waals surface area contributed by atoms with Crippen molar-refractivity contribution in [2.45, 2.75) is 20.3 Å². The second-order valence-corrected chi connectivity index (χ2v) is 5.95. The molecule has 1 aromatic heterocycles. The monoisotopic (exact) mass is 349 g/mol. The number of aromatic nitrogens is 3. The summed E-state index contributed by atoms with van der Waals surface area (Å²) in [5.74, 6) is 2.49. The smallest absolute Gasteiger partial charge is 0.249 e. The van der Waals surface area contributed by atoms with Crippen molar-refractivity contribution >= 4 is 23.1 Å². The number of para-hydroxylation sites is 1. The van der Waals surface area contributed by atoms with Crippen LogP contribution in [-0.4, -0.2) is 22.0 Å². The van der Waals surface area contributed by atoms with E-state index in [0.717, 1.165) is 29.1 Å². The summed E-state index contributed by atoms with van der Waals surface area (Å²) < 4.78 is 10.7. The van der Waals surface area contributed by atoms with Crippen molar-refractivity contribution in [2.24, 2.45) is 0 Å². The molecule has 0 aliphatic carbocycles. The highest BCUT2D eigenvalue weighted by Crippen LogP contribution is 2.35. The molecule has 0 atom stereocenters. The number of benzene rings is 2. The van der Waals surface area contributed by atoms with Gasteiger partial charge in [-0.1, -0.05) is 25.1 Å². The van der Waals surface area contributed by atoms with Gasteiger partial charge in [0.15, 0.2) is 17.3 Å². The molecule has 0 spiro atoms. The minimum atomic E-state index is 0.248. The van der Waals surface area contributed by atoms with Gasteiger partial charge in [-0.25, -0.2) is 0 Å². The first kappa shape index (κ1) is 16.1. The maximum absolute atomic E-state index is 5.40. The summed E-state index contributed by atoms with van der Waals surface area (Å²) in [5, 5.41) is 14.6. The second kappa shape index (κ2) is 6.87. The molecule has 0 unspecified atom stereocenters. The summed E-state index contributed by atoms with van der Waals surface area (Å²) in [4.78, 5) is 4.51. The van der Waals surface area contributed by atoms with E-state index in [4.69, 9.17) is 9.47 Å². The molecular weight excluding hydrogens is 330 g/mol. The summed E-state index contributed by atoms with van der Waals surface area (Å²) in [6, 6.07) is 11.8. The Morgan fingerprint density at radius 3 is 2.85 bits per heavy atom. The number of ether oxygens (including phenoxy) is 2. The highest BCUT2D eigenvalue weighted by molar-refractivity contribution is 5.65. The topological polar surface area (TPSA) is 81.2 Å². The lowest BCUT2D eigenvalue weighted by Crippen LogP contribution is -2.05. The van der Waals surface area contributed by atoms with E-state index >= 15 is 0 Å². The molecule has 3 aromatic rings. The summed E-state index contributed by atoms with van der Waals surface area (Å²) >= 11 is 0. The lowest BCUT2D eigenvalue weighted by atomic mass is 10.1. The molecule has 7 nitrogen and oxygen atoms in total. The first-order valence-electron chi connectivity index (χ1n) is 8.45. The molecule has 0 bridgehead atoms. The molecule has 0 amide bonds. The van der Waals surface area contributed by atoms with Crippen LogP contribution in [0.4, 0.5) is 23.1 Å². The Kier molecular flexibility index (Phi) is 4.27. The molecule has 132 valence electrons. The van der Waals surface area contributed by atoms with Gasteiger partial charge in [-0.3, -0.25) is 0 Å². The second-order valence-electron chi connectivity index (χ2n) is 5.95. The Balaban J connectivity index is 1.56. The maximum Gasteiger partial charge on any atom is 0.249 e. The number of rotatable bonds is 5. The van der Waals surface area contributed by atoms with Crippen LogP contribution in [0.1, 0.15) is 18.1 Å². The summed E-state index contributed by atoms with van der Waals surface area (Å²) in [5.41, 5.74) is 4.22. The molecular formula is C19H19N5O2. The largest absolute Gasteiger partial charge is 0.454 e. The molecule has 0 radical (unpaired) electrons. The molecule has 26 heavy (non-hydrogen) atoms. The SMILES string of the molecule is CCc1cccc(C)c1Nc1nncc(Nc2ccc3c(c2)OCO3)n1. The fourth-order valence-corrected chi connectivity index (χ4v) is 2.85. The average Bonchev–Trinajstić information content (AvgIpc) is 3.11. The van der Waals surface area contributed by atoms with Crippen LogP contribution in [0, 0.1) is 6.92 Å². The third-order valence-corrected chi connectivity index (χ3v) is 4.18. The van der Waals surface area contributed by atoms with Crippen molar-refractivity contribution in [3.05, 3.63) is 53.7 Å². The first-order valence-corrected chi connectivity index (χ1v) is 8.45. The predicted molar refractivity (Wildman–Crippen MR) is 99.5 cm³/mol. The molecule has 0 fully saturated rings. The molecule has 2 aromatic carbocycles. The molecule has 1 aliphatic heterocycles. The number of anilines is 4. The van der Waals surface area contributed by atoms with Crippen LogP contribution >= 0.6 is 0 Å². The van der Waals surface area contributed by atoms with E-state index in [-0.39, 0.29) is 6.79 Å². The summed E-state index contributed by atoms with van der Waals surface area (Å²) in [7, 11) is 0. The van der Waals surface area contributed by atoms with Crippen molar-refractivity contribution in [1.29, 1.82) is 0 Å². The quantitative estimate of drug-likeness (QED) is 0.721. The van der Waals surface area contributed by atoms with Gasteiger partial charge in [0.1, 0.15) is 0 Å². The van der Waals surface area contributed by atoms with Crippen molar-refractivity contribution in [1.82, 2.24) is 15.2 Å². The van der Waals surface area contributed by atoms with Crippen molar-refractivity contribution in [2.75, 3.05) is 17.4 Å². The summed E-state index contributed by atoms with van der Waals surface area (Å²) in [6.45, 7) is 4.43. The third kappa shape index (κ3) is 3.23. The van der Waals surface area contributed by atoms with Crippen LogP contribution in [0.15, 0.2) is 42.6 Å². The Labute approximate surface area is 151 Å². The Morgan fingerprint density at radius 1 is 1.08 bits per heavy atom. The fraction of sp³-hybridized carbons (Fsp3) is 0.211. The predicted octanol–water partition coefficient (Wildman–Crippen LogP) is 3.96. The van der Waals surface area contributed by atoms with Crippen LogP contribution in [0.2, 0.25) is 0 Å². The van der Waals surface area contributed by atoms with Crippen LogP contribution in [0.5, 0.6) is 11.5 Å². The molecule has 1 aliphatic rings. The van der Waals surface area contributed by atoms with Gasteiger partial charge in [-0.15, -0.1) is 5.10 Å². The van der Waals surface area contributed by atoms with Crippen LogP contribution < -0.4 is 20.1 Å². The van der Waals surface area contributed by atoms with Gasteiger partial charge in [0, 0.05) is 17.4 Å². The van der Waals surface area contributed by atoms with Gasteiger partial charge in [-0.2, -0.15) is 10.1 Å². The molecule has 7 heteroatoms. The van der Waals surface area contributed by atoms with E-state index in [1.165, 1.54) is 5.56 Å². The molecule has 0 saturated carbocycles. The highest BCUT2D eigenvalue weighted by atomic mass is 16.7.